The molecule has 4 heteroatoms. The molecule has 0 saturated carbocycles. The Bertz CT molecular complexity index is 678. The van der Waals surface area contributed by atoms with Gasteiger partial charge in [-0.2, -0.15) is 0 Å². The number of carbonyl (C=O) groups excluding carboxylic acids is 1. The van der Waals surface area contributed by atoms with E-state index in [0.717, 1.165) is 11.3 Å². The highest BCUT2D eigenvalue weighted by molar-refractivity contribution is 6.00. The highest BCUT2D eigenvalue weighted by atomic mass is 16.5. The van der Waals surface area contributed by atoms with E-state index in [2.05, 4.69) is 0 Å². The molecular formula is C17H16O4. The maximum absolute atomic E-state index is 12.3. The summed E-state index contributed by atoms with van der Waals surface area (Å²) < 4.78 is 16.5. The first-order valence-electron chi connectivity index (χ1n) is 6.73. The first-order chi connectivity index (χ1) is 10.2. The molecule has 1 aliphatic rings. The van der Waals surface area contributed by atoms with Gasteiger partial charge in [-0.1, -0.05) is 18.2 Å². The summed E-state index contributed by atoms with van der Waals surface area (Å²) in [5.41, 5.74) is 1.48. The lowest BCUT2D eigenvalue weighted by Crippen LogP contribution is -2.20. The number of benzene rings is 2. The number of hydrogen-bond acceptors (Lipinski definition) is 4. The second-order valence-corrected chi connectivity index (χ2v) is 4.84. The van der Waals surface area contributed by atoms with E-state index >= 15 is 0 Å². The molecule has 2 aromatic carbocycles. The second kappa shape index (κ2) is 5.48. The van der Waals surface area contributed by atoms with E-state index in [1.54, 1.807) is 32.4 Å². The van der Waals surface area contributed by atoms with E-state index in [1.165, 1.54) is 0 Å². The number of ether oxygens (including phenoxy) is 3. The van der Waals surface area contributed by atoms with Crippen LogP contribution >= 0.6 is 0 Å². The van der Waals surface area contributed by atoms with Gasteiger partial charge in [0.1, 0.15) is 23.4 Å². The number of para-hydroxylation sites is 1. The van der Waals surface area contributed by atoms with Crippen LogP contribution in [0.3, 0.4) is 0 Å². The van der Waals surface area contributed by atoms with Crippen LogP contribution in [0.25, 0.3) is 0 Å². The third kappa shape index (κ3) is 2.44. The van der Waals surface area contributed by atoms with Gasteiger partial charge in [-0.15, -0.1) is 0 Å². The molecule has 0 spiro atoms. The van der Waals surface area contributed by atoms with Crippen molar-refractivity contribution in [1.29, 1.82) is 0 Å². The van der Waals surface area contributed by atoms with Crippen molar-refractivity contribution in [3.63, 3.8) is 0 Å². The molecular weight excluding hydrogens is 268 g/mol. The van der Waals surface area contributed by atoms with Crippen molar-refractivity contribution in [2.45, 2.75) is 12.5 Å². The van der Waals surface area contributed by atoms with Gasteiger partial charge >= 0.3 is 0 Å². The average molecular weight is 284 g/mol. The number of methoxy groups -OCH3 is 2. The number of rotatable bonds is 3. The summed E-state index contributed by atoms with van der Waals surface area (Å²) in [4.78, 5) is 12.3. The van der Waals surface area contributed by atoms with Gasteiger partial charge < -0.3 is 14.2 Å². The minimum Gasteiger partial charge on any atom is -0.497 e. The van der Waals surface area contributed by atoms with Crippen molar-refractivity contribution < 1.29 is 19.0 Å². The number of fused-ring (bicyclic) bond motifs is 1. The van der Waals surface area contributed by atoms with Gasteiger partial charge in [-0.3, -0.25) is 4.79 Å². The summed E-state index contributed by atoms with van der Waals surface area (Å²) >= 11 is 0. The van der Waals surface area contributed by atoms with Gasteiger partial charge in [-0.25, -0.2) is 0 Å². The summed E-state index contributed by atoms with van der Waals surface area (Å²) in [6, 6.07) is 12.8. The number of Topliss-reactive ketones (excluding diaryl/α,β-unsaturated/α-hetero) is 1. The third-order valence-electron chi connectivity index (χ3n) is 3.62. The molecule has 0 N–H and O–H groups in total. The van der Waals surface area contributed by atoms with Crippen LogP contribution < -0.4 is 14.2 Å². The Kier molecular flexibility index (Phi) is 3.52. The fourth-order valence-electron chi connectivity index (χ4n) is 2.54. The Morgan fingerprint density at radius 3 is 2.67 bits per heavy atom. The molecule has 0 saturated heterocycles. The zero-order valence-electron chi connectivity index (χ0n) is 12.0. The van der Waals surface area contributed by atoms with Crippen LogP contribution in [0.1, 0.15) is 28.4 Å². The summed E-state index contributed by atoms with van der Waals surface area (Å²) in [7, 11) is 3.20. The summed E-state index contributed by atoms with van der Waals surface area (Å²) in [6.45, 7) is 0. The Labute approximate surface area is 123 Å². The molecule has 1 unspecified atom stereocenters. The van der Waals surface area contributed by atoms with Crippen molar-refractivity contribution in [3.05, 3.63) is 53.6 Å². The van der Waals surface area contributed by atoms with E-state index in [0.29, 0.717) is 23.5 Å². The van der Waals surface area contributed by atoms with Crippen molar-refractivity contribution in [1.82, 2.24) is 0 Å². The van der Waals surface area contributed by atoms with E-state index in [9.17, 15) is 4.79 Å². The van der Waals surface area contributed by atoms with Gasteiger partial charge in [-0.05, 0) is 18.2 Å². The summed E-state index contributed by atoms with van der Waals surface area (Å²) in [5, 5.41) is 0. The Balaban J connectivity index is 1.99. The maximum atomic E-state index is 12.3. The Hall–Kier alpha value is -2.49. The molecule has 0 aromatic heterocycles. The van der Waals surface area contributed by atoms with Crippen LogP contribution in [0.5, 0.6) is 17.2 Å². The van der Waals surface area contributed by atoms with Crippen LogP contribution in [0.15, 0.2) is 42.5 Å². The minimum atomic E-state index is -0.340. The van der Waals surface area contributed by atoms with Crippen LogP contribution in [-0.2, 0) is 0 Å². The van der Waals surface area contributed by atoms with Gasteiger partial charge in [0, 0.05) is 11.6 Å². The fraction of sp³-hybridized carbons (Fsp3) is 0.235. The average Bonchev–Trinajstić information content (AvgIpc) is 2.54. The summed E-state index contributed by atoms with van der Waals surface area (Å²) in [6.07, 6.45) is -0.0343. The molecule has 4 nitrogen and oxygen atoms in total. The number of hydrogen-bond donors (Lipinski definition) is 0. The monoisotopic (exact) mass is 284 g/mol. The molecule has 3 rings (SSSR count). The van der Waals surface area contributed by atoms with Crippen LogP contribution in [-0.4, -0.2) is 20.0 Å². The lowest BCUT2D eigenvalue weighted by Gasteiger charge is -2.26. The normalized spacial score (nSPS) is 16.9. The first-order valence-corrected chi connectivity index (χ1v) is 6.73. The van der Waals surface area contributed by atoms with E-state index in [1.807, 2.05) is 24.3 Å². The Morgan fingerprint density at radius 1 is 1.10 bits per heavy atom. The predicted molar refractivity (Wildman–Crippen MR) is 78.3 cm³/mol. The lowest BCUT2D eigenvalue weighted by molar-refractivity contribution is 0.0846. The fourth-order valence-corrected chi connectivity index (χ4v) is 2.54. The molecule has 21 heavy (non-hydrogen) atoms. The molecule has 0 amide bonds. The molecule has 0 fully saturated rings. The SMILES string of the molecule is COc1ccc2c(c1)OC(c1ccccc1OC)CC2=O. The molecule has 0 bridgehead atoms. The zero-order valence-corrected chi connectivity index (χ0v) is 12.0. The van der Waals surface area contributed by atoms with Gasteiger partial charge in [0.05, 0.1) is 26.2 Å². The smallest absolute Gasteiger partial charge is 0.170 e. The number of carbonyl (C=O) groups is 1. The summed E-state index contributed by atoms with van der Waals surface area (Å²) in [5.74, 6) is 2.01. The van der Waals surface area contributed by atoms with Gasteiger partial charge in [0.25, 0.3) is 0 Å². The zero-order chi connectivity index (χ0) is 14.8. The maximum Gasteiger partial charge on any atom is 0.170 e. The van der Waals surface area contributed by atoms with Crippen molar-refractivity contribution >= 4 is 5.78 Å². The second-order valence-electron chi connectivity index (χ2n) is 4.84. The molecule has 1 heterocycles. The van der Waals surface area contributed by atoms with E-state index in [-0.39, 0.29) is 11.9 Å². The Morgan fingerprint density at radius 2 is 1.90 bits per heavy atom. The van der Waals surface area contributed by atoms with Crippen molar-refractivity contribution in [2.75, 3.05) is 14.2 Å². The molecule has 0 aliphatic carbocycles. The standard InChI is InChI=1S/C17H16O4/c1-19-11-7-8-12-14(18)10-17(21-16(12)9-11)13-5-3-4-6-15(13)20-2/h3-9,17H,10H2,1-2H3. The van der Waals surface area contributed by atoms with Crippen molar-refractivity contribution in [2.24, 2.45) is 0 Å². The lowest BCUT2D eigenvalue weighted by atomic mass is 9.95. The molecule has 108 valence electrons. The van der Waals surface area contributed by atoms with Crippen molar-refractivity contribution in [3.8, 4) is 17.2 Å². The molecule has 1 atom stereocenters. The topological polar surface area (TPSA) is 44.8 Å². The third-order valence-corrected chi connectivity index (χ3v) is 3.62. The van der Waals surface area contributed by atoms with Crippen LogP contribution in [0, 0.1) is 0 Å². The highest BCUT2D eigenvalue weighted by Gasteiger charge is 2.29. The molecule has 2 aromatic rings. The molecule has 1 aliphatic heterocycles. The minimum absolute atomic E-state index is 0.0646. The largest absolute Gasteiger partial charge is 0.497 e. The van der Waals surface area contributed by atoms with Gasteiger partial charge in [0.2, 0.25) is 0 Å². The first kappa shape index (κ1) is 13.5. The van der Waals surface area contributed by atoms with E-state index < -0.39 is 0 Å². The highest BCUT2D eigenvalue weighted by Crippen LogP contribution is 2.39. The predicted octanol–water partition coefficient (Wildman–Crippen LogP) is 3.41. The molecule has 0 radical (unpaired) electrons. The quantitative estimate of drug-likeness (QED) is 0.866. The number of ketones is 1. The van der Waals surface area contributed by atoms with E-state index in [4.69, 9.17) is 14.2 Å². The van der Waals surface area contributed by atoms with Gasteiger partial charge in [0.15, 0.2) is 5.78 Å². The van der Waals surface area contributed by atoms with Crippen LogP contribution in [0.2, 0.25) is 0 Å². The van der Waals surface area contributed by atoms with Crippen LogP contribution in [0.4, 0.5) is 0 Å².